The minimum absolute atomic E-state index is 0.126. The normalized spacial score (nSPS) is 11.0. The van der Waals surface area contributed by atoms with Crippen LogP contribution in [0.15, 0.2) is 30.3 Å². The third-order valence-electron chi connectivity index (χ3n) is 2.35. The van der Waals surface area contributed by atoms with E-state index in [2.05, 4.69) is 0 Å². The summed E-state index contributed by atoms with van der Waals surface area (Å²) in [5, 5.41) is 18.2. The van der Waals surface area contributed by atoms with Crippen LogP contribution in [0.2, 0.25) is 0 Å². The first-order valence-electron chi connectivity index (χ1n) is 6.16. The molecule has 0 fully saturated rings. The fraction of sp³-hybridized carbons (Fsp3) is 0.357. The second-order valence-electron chi connectivity index (χ2n) is 5.26. The molecule has 0 aliphatic rings. The van der Waals surface area contributed by atoms with Gasteiger partial charge in [-0.05, 0) is 32.9 Å². The molecule has 114 valence electrons. The van der Waals surface area contributed by atoms with E-state index < -0.39 is 29.7 Å². The Morgan fingerprint density at radius 3 is 1.90 bits per heavy atom. The van der Waals surface area contributed by atoms with E-state index in [9.17, 15) is 14.4 Å². The maximum atomic E-state index is 12.2. The highest BCUT2D eigenvalue weighted by Gasteiger charge is 2.39. The van der Waals surface area contributed by atoms with Gasteiger partial charge in [-0.1, -0.05) is 18.2 Å². The van der Waals surface area contributed by atoms with Gasteiger partial charge < -0.3 is 14.9 Å². The summed E-state index contributed by atoms with van der Waals surface area (Å²) in [5.74, 6) is -3.31. The van der Waals surface area contributed by atoms with Crippen molar-refractivity contribution in [2.45, 2.75) is 32.4 Å². The first-order valence-corrected chi connectivity index (χ1v) is 6.16. The first kappa shape index (κ1) is 16.5. The van der Waals surface area contributed by atoms with Crippen molar-refractivity contribution in [2.75, 3.05) is 4.90 Å². The standard InChI is InChI=1S/C14H17NO6/c1-14(2,3)21-13(20)15(9-7-5-4-6-8-9)10(11(16)17)12(18)19/h4-8,10H,1-3H3,(H,16,17)(H,18,19). The van der Waals surface area contributed by atoms with Crippen molar-refractivity contribution in [1.29, 1.82) is 0 Å². The highest BCUT2D eigenvalue weighted by Crippen LogP contribution is 2.21. The fourth-order valence-corrected chi connectivity index (χ4v) is 1.59. The number of hydrogen-bond donors (Lipinski definition) is 2. The summed E-state index contributed by atoms with van der Waals surface area (Å²) in [6, 6.07) is 5.59. The lowest BCUT2D eigenvalue weighted by atomic mass is 10.2. The Morgan fingerprint density at radius 2 is 1.52 bits per heavy atom. The van der Waals surface area contributed by atoms with Crippen LogP contribution in [0, 0.1) is 0 Å². The zero-order valence-corrected chi connectivity index (χ0v) is 11.9. The average molecular weight is 295 g/mol. The van der Waals surface area contributed by atoms with Crippen LogP contribution >= 0.6 is 0 Å². The number of carbonyl (C=O) groups is 3. The number of benzene rings is 1. The van der Waals surface area contributed by atoms with E-state index in [0.29, 0.717) is 4.90 Å². The van der Waals surface area contributed by atoms with Gasteiger partial charge in [0.2, 0.25) is 6.04 Å². The van der Waals surface area contributed by atoms with E-state index in [1.54, 1.807) is 39.0 Å². The first-order chi connectivity index (χ1) is 9.63. The average Bonchev–Trinajstić information content (AvgIpc) is 2.33. The predicted molar refractivity (Wildman–Crippen MR) is 74.2 cm³/mol. The largest absolute Gasteiger partial charge is 0.479 e. The van der Waals surface area contributed by atoms with Crippen LogP contribution in [0.3, 0.4) is 0 Å². The number of carboxylic acids is 2. The number of ether oxygens (including phenoxy) is 1. The quantitative estimate of drug-likeness (QED) is 0.823. The molecule has 0 radical (unpaired) electrons. The van der Waals surface area contributed by atoms with Gasteiger partial charge in [-0.25, -0.2) is 14.4 Å². The highest BCUT2D eigenvalue weighted by atomic mass is 16.6. The van der Waals surface area contributed by atoms with Gasteiger partial charge in [0.05, 0.1) is 0 Å². The number of carbonyl (C=O) groups excluding carboxylic acids is 1. The number of hydrogen-bond acceptors (Lipinski definition) is 4. The maximum absolute atomic E-state index is 12.2. The predicted octanol–water partition coefficient (Wildman–Crippen LogP) is 1.97. The lowest BCUT2D eigenvalue weighted by molar-refractivity contribution is -0.149. The van der Waals surface area contributed by atoms with Crippen LogP contribution in [0.25, 0.3) is 0 Å². The van der Waals surface area contributed by atoms with E-state index in [1.165, 1.54) is 12.1 Å². The number of carboxylic acid groups (broad SMARTS) is 2. The minimum Gasteiger partial charge on any atom is -0.479 e. The Labute approximate surface area is 121 Å². The van der Waals surface area contributed by atoms with Gasteiger partial charge >= 0.3 is 18.0 Å². The van der Waals surface area contributed by atoms with Gasteiger partial charge in [-0.3, -0.25) is 4.90 Å². The Bertz CT molecular complexity index is 520. The minimum atomic E-state index is -2.07. The van der Waals surface area contributed by atoms with E-state index in [0.717, 1.165) is 0 Å². The molecule has 0 heterocycles. The Balaban J connectivity index is 3.26. The van der Waals surface area contributed by atoms with Crippen molar-refractivity contribution in [3.8, 4) is 0 Å². The second kappa shape index (κ2) is 6.25. The molecule has 21 heavy (non-hydrogen) atoms. The lowest BCUT2D eigenvalue weighted by Crippen LogP contribution is -2.51. The van der Waals surface area contributed by atoms with Crippen molar-refractivity contribution in [3.05, 3.63) is 30.3 Å². The van der Waals surface area contributed by atoms with Crippen molar-refractivity contribution < 1.29 is 29.3 Å². The Kier molecular flexibility index (Phi) is 4.91. The molecule has 1 rings (SSSR count). The Morgan fingerprint density at radius 1 is 1.05 bits per heavy atom. The van der Waals surface area contributed by atoms with Gasteiger partial charge in [0.1, 0.15) is 5.60 Å². The summed E-state index contributed by atoms with van der Waals surface area (Å²) in [7, 11) is 0. The molecule has 0 aliphatic carbocycles. The van der Waals surface area contributed by atoms with Crippen LogP contribution < -0.4 is 4.90 Å². The molecule has 0 unspecified atom stereocenters. The van der Waals surface area contributed by atoms with Gasteiger partial charge in [0.15, 0.2) is 0 Å². The number of rotatable bonds is 4. The zero-order valence-electron chi connectivity index (χ0n) is 11.9. The monoisotopic (exact) mass is 295 g/mol. The van der Waals surface area contributed by atoms with Crippen molar-refractivity contribution in [1.82, 2.24) is 0 Å². The molecule has 0 saturated carbocycles. The van der Waals surface area contributed by atoms with Gasteiger partial charge in [-0.15, -0.1) is 0 Å². The molecule has 0 aliphatic heterocycles. The molecule has 0 atom stereocenters. The van der Waals surface area contributed by atoms with E-state index >= 15 is 0 Å². The van der Waals surface area contributed by atoms with Gasteiger partial charge in [-0.2, -0.15) is 0 Å². The summed E-state index contributed by atoms with van der Waals surface area (Å²) >= 11 is 0. The molecule has 7 heteroatoms. The molecular weight excluding hydrogens is 278 g/mol. The molecular formula is C14H17NO6. The van der Waals surface area contributed by atoms with Gasteiger partial charge in [0.25, 0.3) is 0 Å². The SMILES string of the molecule is CC(C)(C)OC(=O)N(c1ccccc1)C(C(=O)O)C(=O)O. The third kappa shape index (κ3) is 4.48. The van der Waals surface area contributed by atoms with Gasteiger partial charge in [0, 0.05) is 5.69 Å². The van der Waals surface area contributed by atoms with Crippen molar-refractivity contribution in [3.63, 3.8) is 0 Å². The number of amides is 1. The summed E-state index contributed by atoms with van der Waals surface area (Å²) in [6.07, 6.45) is -1.04. The number of anilines is 1. The van der Waals surface area contributed by atoms with Crippen molar-refractivity contribution in [2.24, 2.45) is 0 Å². The summed E-state index contributed by atoms with van der Waals surface area (Å²) in [4.78, 5) is 35.2. The van der Waals surface area contributed by atoms with E-state index in [1.807, 2.05) is 0 Å². The molecule has 1 aromatic rings. The second-order valence-corrected chi connectivity index (χ2v) is 5.26. The molecule has 0 saturated heterocycles. The Hall–Kier alpha value is -2.57. The molecule has 0 bridgehead atoms. The fourth-order valence-electron chi connectivity index (χ4n) is 1.59. The van der Waals surface area contributed by atoms with E-state index in [4.69, 9.17) is 14.9 Å². The molecule has 0 aromatic heterocycles. The maximum Gasteiger partial charge on any atom is 0.416 e. The molecule has 7 nitrogen and oxygen atoms in total. The number of para-hydroxylation sites is 1. The van der Waals surface area contributed by atoms with Crippen LogP contribution in [0.4, 0.5) is 10.5 Å². The number of nitrogens with zero attached hydrogens (tertiary/aromatic N) is 1. The smallest absolute Gasteiger partial charge is 0.416 e. The molecule has 1 aromatic carbocycles. The topological polar surface area (TPSA) is 104 Å². The van der Waals surface area contributed by atoms with Crippen LogP contribution in [-0.4, -0.2) is 39.9 Å². The van der Waals surface area contributed by atoms with E-state index in [-0.39, 0.29) is 5.69 Å². The lowest BCUT2D eigenvalue weighted by Gasteiger charge is -2.29. The van der Waals surface area contributed by atoms with Crippen LogP contribution in [0.1, 0.15) is 20.8 Å². The van der Waals surface area contributed by atoms with Crippen LogP contribution in [-0.2, 0) is 14.3 Å². The van der Waals surface area contributed by atoms with Crippen LogP contribution in [0.5, 0.6) is 0 Å². The summed E-state index contributed by atoms with van der Waals surface area (Å²) < 4.78 is 5.10. The molecule has 2 N–H and O–H groups in total. The number of aliphatic carboxylic acids is 2. The third-order valence-corrected chi connectivity index (χ3v) is 2.35. The van der Waals surface area contributed by atoms with Crippen molar-refractivity contribution >= 4 is 23.7 Å². The summed E-state index contributed by atoms with van der Waals surface area (Å²) in [6.45, 7) is 4.81. The highest BCUT2D eigenvalue weighted by molar-refractivity contribution is 6.08. The zero-order chi connectivity index (χ0) is 16.2. The molecule has 1 amide bonds. The summed E-state index contributed by atoms with van der Waals surface area (Å²) in [5.41, 5.74) is -0.757. The molecule has 0 spiro atoms.